The molecule has 0 radical (unpaired) electrons. The van der Waals surface area contributed by atoms with Crippen molar-refractivity contribution in [3.63, 3.8) is 0 Å². The van der Waals surface area contributed by atoms with E-state index in [1.165, 1.54) is 5.56 Å². The molecule has 19 heavy (non-hydrogen) atoms. The van der Waals surface area contributed by atoms with Crippen molar-refractivity contribution in [2.45, 2.75) is 6.54 Å². The van der Waals surface area contributed by atoms with E-state index in [9.17, 15) is 0 Å². The Bertz CT molecular complexity index is 529. The predicted octanol–water partition coefficient (Wildman–Crippen LogP) is 1.95. The molecule has 0 N–H and O–H groups in total. The number of nitriles is 2. The maximum absolute atomic E-state index is 8.75. The molecular weight excluding hydrogens is 238 g/mol. The van der Waals surface area contributed by atoms with Gasteiger partial charge in [0.05, 0.1) is 13.2 Å². The van der Waals surface area contributed by atoms with Gasteiger partial charge in [-0.25, -0.2) is 0 Å². The van der Waals surface area contributed by atoms with E-state index in [1.54, 1.807) is 6.08 Å². The maximum atomic E-state index is 8.75. The SMILES string of the molecule is N#CC(C#N)=Cc1cccc(CN2CCOCC2)c1. The Morgan fingerprint density at radius 1 is 1.26 bits per heavy atom. The number of nitrogens with zero attached hydrogens (tertiary/aromatic N) is 3. The fourth-order valence-electron chi connectivity index (χ4n) is 2.05. The minimum atomic E-state index is 0.128. The smallest absolute Gasteiger partial charge is 0.130 e. The second kappa shape index (κ2) is 6.70. The lowest BCUT2D eigenvalue weighted by Gasteiger charge is -2.26. The van der Waals surface area contributed by atoms with Gasteiger partial charge in [0, 0.05) is 19.6 Å². The molecule has 2 rings (SSSR count). The zero-order valence-corrected chi connectivity index (χ0v) is 10.7. The molecule has 0 spiro atoms. The summed E-state index contributed by atoms with van der Waals surface area (Å²) in [6, 6.07) is 11.7. The Hall–Kier alpha value is -2.14. The first kappa shape index (κ1) is 13.3. The van der Waals surface area contributed by atoms with Crippen molar-refractivity contribution in [3.05, 3.63) is 41.0 Å². The monoisotopic (exact) mass is 253 g/mol. The van der Waals surface area contributed by atoms with Crippen LogP contribution in [0.5, 0.6) is 0 Å². The standard InChI is InChI=1S/C15H15N3O/c16-10-15(11-17)9-13-2-1-3-14(8-13)12-18-4-6-19-7-5-18/h1-3,8-9H,4-7,12H2. The van der Waals surface area contributed by atoms with E-state index in [-0.39, 0.29) is 5.57 Å². The highest BCUT2D eigenvalue weighted by molar-refractivity contribution is 5.62. The van der Waals surface area contributed by atoms with Crippen LogP contribution < -0.4 is 0 Å². The summed E-state index contributed by atoms with van der Waals surface area (Å²) < 4.78 is 5.32. The molecule has 0 aliphatic carbocycles. The molecule has 0 atom stereocenters. The lowest BCUT2D eigenvalue weighted by atomic mass is 10.1. The average Bonchev–Trinajstić information content (AvgIpc) is 2.46. The summed E-state index contributed by atoms with van der Waals surface area (Å²) >= 11 is 0. The maximum Gasteiger partial charge on any atom is 0.130 e. The van der Waals surface area contributed by atoms with Crippen molar-refractivity contribution in [3.8, 4) is 12.1 Å². The number of benzene rings is 1. The van der Waals surface area contributed by atoms with Gasteiger partial charge < -0.3 is 4.74 Å². The topological polar surface area (TPSA) is 60.0 Å². The van der Waals surface area contributed by atoms with Gasteiger partial charge in [-0.3, -0.25) is 4.90 Å². The molecule has 1 aliphatic rings. The van der Waals surface area contributed by atoms with Gasteiger partial charge in [0.2, 0.25) is 0 Å². The van der Waals surface area contributed by atoms with Crippen LogP contribution in [0.2, 0.25) is 0 Å². The fraction of sp³-hybridized carbons (Fsp3) is 0.333. The van der Waals surface area contributed by atoms with E-state index in [0.29, 0.717) is 0 Å². The van der Waals surface area contributed by atoms with E-state index in [0.717, 1.165) is 38.4 Å². The zero-order valence-electron chi connectivity index (χ0n) is 10.7. The molecule has 4 nitrogen and oxygen atoms in total. The normalized spacial score (nSPS) is 15.3. The Balaban J connectivity index is 2.09. The van der Waals surface area contributed by atoms with Gasteiger partial charge in [-0.1, -0.05) is 24.3 Å². The number of allylic oxidation sites excluding steroid dienone is 1. The third kappa shape index (κ3) is 3.93. The van der Waals surface area contributed by atoms with Crippen LogP contribution in [0.15, 0.2) is 29.8 Å². The zero-order chi connectivity index (χ0) is 13.5. The molecule has 4 heteroatoms. The predicted molar refractivity (Wildman–Crippen MR) is 71.7 cm³/mol. The van der Waals surface area contributed by atoms with Gasteiger partial charge in [0.25, 0.3) is 0 Å². The third-order valence-corrected chi connectivity index (χ3v) is 3.01. The minimum Gasteiger partial charge on any atom is -0.379 e. The van der Waals surface area contributed by atoms with Crippen LogP contribution in [0.4, 0.5) is 0 Å². The fourth-order valence-corrected chi connectivity index (χ4v) is 2.05. The summed E-state index contributed by atoms with van der Waals surface area (Å²) in [6.07, 6.45) is 1.61. The van der Waals surface area contributed by atoms with Crippen LogP contribution in [-0.2, 0) is 11.3 Å². The molecule has 1 aromatic carbocycles. The molecule has 0 amide bonds. The summed E-state index contributed by atoms with van der Waals surface area (Å²) in [6.45, 7) is 4.34. The molecular formula is C15H15N3O. The van der Waals surface area contributed by atoms with Crippen LogP contribution in [-0.4, -0.2) is 31.2 Å². The van der Waals surface area contributed by atoms with Gasteiger partial charge in [-0.05, 0) is 17.2 Å². The minimum absolute atomic E-state index is 0.128. The van der Waals surface area contributed by atoms with Crippen molar-refractivity contribution in [1.82, 2.24) is 4.90 Å². The Labute approximate surface area is 113 Å². The van der Waals surface area contributed by atoms with Crippen molar-refractivity contribution < 1.29 is 4.74 Å². The first-order valence-corrected chi connectivity index (χ1v) is 6.23. The molecule has 1 fully saturated rings. The van der Waals surface area contributed by atoms with Crippen molar-refractivity contribution in [1.29, 1.82) is 10.5 Å². The number of hydrogen-bond donors (Lipinski definition) is 0. The Morgan fingerprint density at radius 3 is 2.68 bits per heavy atom. The molecule has 96 valence electrons. The van der Waals surface area contributed by atoms with E-state index in [1.807, 2.05) is 30.3 Å². The molecule has 0 unspecified atom stereocenters. The number of hydrogen-bond acceptors (Lipinski definition) is 4. The highest BCUT2D eigenvalue weighted by Gasteiger charge is 2.10. The van der Waals surface area contributed by atoms with E-state index < -0.39 is 0 Å². The van der Waals surface area contributed by atoms with Gasteiger partial charge in [0.15, 0.2) is 0 Å². The summed E-state index contributed by atoms with van der Waals surface area (Å²) in [5.74, 6) is 0. The van der Waals surface area contributed by atoms with Crippen molar-refractivity contribution in [2.75, 3.05) is 26.3 Å². The highest BCUT2D eigenvalue weighted by atomic mass is 16.5. The first-order valence-electron chi connectivity index (χ1n) is 6.23. The molecule has 1 saturated heterocycles. The van der Waals surface area contributed by atoms with Crippen LogP contribution in [0.1, 0.15) is 11.1 Å². The quantitative estimate of drug-likeness (QED) is 0.772. The lowest BCUT2D eigenvalue weighted by Crippen LogP contribution is -2.35. The third-order valence-electron chi connectivity index (χ3n) is 3.01. The lowest BCUT2D eigenvalue weighted by molar-refractivity contribution is 0.0342. The van der Waals surface area contributed by atoms with Gasteiger partial charge in [-0.2, -0.15) is 10.5 Å². The molecule has 1 aliphatic heterocycles. The van der Waals surface area contributed by atoms with Gasteiger partial charge >= 0.3 is 0 Å². The summed E-state index contributed by atoms with van der Waals surface area (Å²) in [7, 11) is 0. The number of ether oxygens (including phenoxy) is 1. The van der Waals surface area contributed by atoms with E-state index in [4.69, 9.17) is 15.3 Å². The highest BCUT2D eigenvalue weighted by Crippen LogP contribution is 2.12. The molecule has 0 aromatic heterocycles. The second-order valence-corrected chi connectivity index (χ2v) is 4.42. The first-order chi connectivity index (χ1) is 9.31. The molecule has 0 bridgehead atoms. The molecule has 1 aromatic rings. The van der Waals surface area contributed by atoms with Crippen LogP contribution in [0, 0.1) is 22.7 Å². The van der Waals surface area contributed by atoms with E-state index >= 15 is 0 Å². The van der Waals surface area contributed by atoms with Crippen molar-refractivity contribution in [2.24, 2.45) is 0 Å². The summed E-state index contributed by atoms with van der Waals surface area (Å²) in [5.41, 5.74) is 2.21. The van der Waals surface area contributed by atoms with Gasteiger partial charge in [0.1, 0.15) is 17.7 Å². The largest absolute Gasteiger partial charge is 0.379 e. The van der Waals surface area contributed by atoms with Crippen LogP contribution in [0.25, 0.3) is 6.08 Å². The van der Waals surface area contributed by atoms with Crippen molar-refractivity contribution >= 4 is 6.08 Å². The average molecular weight is 253 g/mol. The number of morpholine rings is 1. The second-order valence-electron chi connectivity index (χ2n) is 4.42. The Kier molecular flexibility index (Phi) is 4.69. The van der Waals surface area contributed by atoms with Crippen LogP contribution >= 0.6 is 0 Å². The van der Waals surface area contributed by atoms with E-state index in [2.05, 4.69) is 11.0 Å². The summed E-state index contributed by atoms with van der Waals surface area (Å²) in [5, 5.41) is 17.5. The number of rotatable bonds is 3. The molecule has 1 heterocycles. The van der Waals surface area contributed by atoms with Gasteiger partial charge in [-0.15, -0.1) is 0 Å². The van der Waals surface area contributed by atoms with Crippen LogP contribution in [0.3, 0.4) is 0 Å². The summed E-state index contributed by atoms with van der Waals surface area (Å²) in [4.78, 5) is 2.34. The molecule has 0 saturated carbocycles. The Morgan fingerprint density at radius 2 is 2.00 bits per heavy atom.